The van der Waals surface area contributed by atoms with Gasteiger partial charge in [-0.25, -0.2) is 4.79 Å². The van der Waals surface area contributed by atoms with Crippen molar-refractivity contribution in [1.29, 1.82) is 0 Å². The van der Waals surface area contributed by atoms with Gasteiger partial charge >= 0.3 is 6.03 Å². The Morgan fingerprint density at radius 1 is 1.29 bits per heavy atom. The van der Waals surface area contributed by atoms with Crippen LogP contribution >= 0.6 is 11.8 Å². The highest BCUT2D eigenvalue weighted by atomic mass is 32.2. The second-order valence-electron chi connectivity index (χ2n) is 3.86. The van der Waals surface area contributed by atoms with E-state index in [2.05, 4.69) is 29.1 Å². The Labute approximate surface area is 107 Å². The fraction of sp³-hybridized carbons (Fsp3) is 0.818. The molecule has 0 aromatic rings. The molecule has 17 heavy (non-hydrogen) atoms. The number of imide groups is 1. The smallest absolute Gasteiger partial charge is 0.321 e. The van der Waals surface area contributed by atoms with E-state index in [0.29, 0.717) is 11.8 Å². The van der Waals surface area contributed by atoms with Gasteiger partial charge in [0.2, 0.25) is 5.91 Å². The topological polar surface area (TPSA) is 70.2 Å². The van der Waals surface area contributed by atoms with E-state index in [4.69, 9.17) is 0 Å². The van der Waals surface area contributed by atoms with Gasteiger partial charge in [0.1, 0.15) is 0 Å². The second-order valence-corrected chi connectivity index (χ2v) is 5.14. The molecule has 2 atom stereocenters. The molecule has 0 aromatic heterocycles. The molecule has 0 fully saturated rings. The molecular weight excluding hydrogens is 238 g/mol. The van der Waals surface area contributed by atoms with Gasteiger partial charge in [-0.2, -0.15) is 11.8 Å². The molecule has 3 N–H and O–H groups in total. The standard InChI is InChI=1S/C11H23N3O2S/c1-5-12-11(16)14-10(15)9(3)13-7-6-8(2)17-4/h8-9,13H,5-7H2,1-4H3,(H2,12,14,15,16). The highest BCUT2D eigenvalue weighted by Gasteiger charge is 2.14. The molecule has 0 aromatic carbocycles. The van der Waals surface area contributed by atoms with E-state index in [-0.39, 0.29) is 11.9 Å². The Morgan fingerprint density at radius 2 is 1.94 bits per heavy atom. The first-order valence-corrected chi connectivity index (χ1v) is 7.14. The van der Waals surface area contributed by atoms with E-state index in [1.807, 2.05) is 0 Å². The number of hydrogen-bond acceptors (Lipinski definition) is 4. The van der Waals surface area contributed by atoms with Crippen LogP contribution in [0.3, 0.4) is 0 Å². The Balaban J connectivity index is 3.78. The van der Waals surface area contributed by atoms with E-state index < -0.39 is 6.03 Å². The van der Waals surface area contributed by atoms with Crippen LogP contribution in [0.25, 0.3) is 0 Å². The molecule has 0 aliphatic rings. The zero-order chi connectivity index (χ0) is 13.3. The molecular formula is C11H23N3O2S. The van der Waals surface area contributed by atoms with Crippen LogP contribution in [0, 0.1) is 0 Å². The Hall–Kier alpha value is -0.750. The number of hydrogen-bond donors (Lipinski definition) is 3. The van der Waals surface area contributed by atoms with Crippen LogP contribution < -0.4 is 16.0 Å². The van der Waals surface area contributed by atoms with Crippen LogP contribution in [-0.2, 0) is 4.79 Å². The SMILES string of the molecule is CCNC(=O)NC(=O)C(C)NCCC(C)SC. The minimum Gasteiger partial charge on any atom is -0.338 e. The molecule has 0 spiro atoms. The number of amides is 3. The minimum absolute atomic E-state index is 0.298. The summed E-state index contributed by atoms with van der Waals surface area (Å²) < 4.78 is 0. The number of nitrogens with one attached hydrogen (secondary N) is 3. The summed E-state index contributed by atoms with van der Waals surface area (Å²) in [5.41, 5.74) is 0. The molecule has 5 nitrogen and oxygen atoms in total. The molecule has 0 aliphatic carbocycles. The first-order chi connectivity index (χ1) is 8.01. The van der Waals surface area contributed by atoms with Gasteiger partial charge in [0, 0.05) is 11.8 Å². The minimum atomic E-state index is -0.441. The fourth-order valence-corrected chi connectivity index (χ4v) is 1.49. The van der Waals surface area contributed by atoms with Crippen molar-refractivity contribution in [2.45, 2.75) is 38.5 Å². The lowest BCUT2D eigenvalue weighted by molar-refractivity contribution is -0.121. The number of urea groups is 1. The van der Waals surface area contributed by atoms with Crippen molar-refractivity contribution in [3.63, 3.8) is 0 Å². The van der Waals surface area contributed by atoms with Gasteiger partial charge in [0.15, 0.2) is 0 Å². The van der Waals surface area contributed by atoms with E-state index in [0.717, 1.165) is 13.0 Å². The molecule has 0 radical (unpaired) electrons. The predicted octanol–water partition coefficient (Wildman–Crippen LogP) is 0.952. The van der Waals surface area contributed by atoms with Gasteiger partial charge in [0.25, 0.3) is 0 Å². The highest BCUT2D eigenvalue weighted by molar-refractivity contribution is 7.99. The molecule has 0 heterocycles. The summed E-state index contributed by atoms with van der Waals surface area (Å²) >= 11 is 1.80. The monoisotopic (exact) mass is 261 g/mol. The van der Waals surface area contributed by atoms with Gasteiger partial charge in [-0.05, 0) is 33.1 Å². The Kier molecular flexibility index (Phi) is 8.89. The summed E-state index contributed by atoms with van der Waals surface area (Å²) in [4.78, 5) is 22.6. The van der Waals surface area contributed by atoms with Crippen LogP contribution in [-0.4, -0.2) is 42.6 Å². The first kappa shape index (κ1) is 16.2. The second kappa shape index (κ2) is 9.30. The molecule has 6 heteroatoms. The zero-order valence-corrected chi connectivity index (χ0v) is 11.8. The summed E-state index contributed by atoms with van der Waals surface area (Å²) in [5.74, 6) is -0.298. The summed E-state index contributed by atoms with van der Waals surface area (Å²) in [6.07, 6.45) is 3.07. The molecule has 3 amide bonds. The molecule has 0 saturated heterocycles. The van der Waals surface area contributed by atoms with Crippen molar-refractivity contribution in [2.75, 3.05) is 19.3 Å². The van der Waals surface area contributed by atoms with E-state index in [1.165, 1.54) is 0 Å². The zero-order valence-electron chi connectivity index (χ0n) is 11.0. The normalized spacial score (nSPS) is 13.9. The van der Waals surface area contributed by atoms with Crippen LogP contribution in [0.5, 0.6) is 0 Å². The third-order valence-corrected chi connectivity index (χ3v) is 3.41. The third-order valence-electron chi connectivity index (χ3n) is 2.37. The number of thioether (sulfide) groups is 1. The fourth-order valence-electron chi connectivity index (χ4n) is 1.14. The predicted molar refractivity (Wildman–Crippen MR) is 72.3 cm³/mol. The molecule has 0 rings (SSSR count). The van der Waals surface area contributed by atoms with Crippen molar-refractivity contribution in [2.24, 2.45) is 0 Å². The van der Waals surface area contributed by atoms with Gasteiger partial charge < -0.3 is 10.6 Å². The number of carbonyl (C=O) groups excluding carboxylic acids is 2. The molecule has 100 valence electrons. The largest absolute Gasteiger partial charge is 0.338 e. The average Bonchev–Trinajstić information content (AvgIpc) is 2.28. The lowest BCUT2D eigenvalue weighted by Crippen LogP contribution is -2.48. The molecule has 0 saturated carbocycles. The van der Waals surface area contributed by atoms with E-state index in [1.54, 1.807) is 25.6 Å². The molecule has 0 aliphatic heterocycles. The van der Waals surface area contributed by atoms with Crippen LogP contribution in [0.4, 0.5) is 4.79 Å². The number of carbonyl (C=O) groups is 2. The van der Waals surface area contributed by atoms with Crippen LogP contribution in [0.15, 0.2) is 0 Å². The summed E-state index contributed by atoms with van der Waals surface area (Å²) in [5, 5.41) is 8.45. The lowest BCUT2D eigenvalue weighted by atomic mass is 10.2. The first-order valence-electron chi connectivity index (χ1n) is 5.86. The Morgan fingerprint density at radius 3 is 2.47 bits per heavy atom. The number of rotatable bonds is 7. The lowest BCUT2D eigenvalue weighted by Gasteiger charge is -2.15. The Bertz CT molecular complexity index is 249. The quantitative estimate of drug-likeness (QED) is 0.638. The van der Waals surface area contributed by atoms with Crippen molar-refractivity contribution in [3.8, 4) is 0 Å². The third kappa shape index (κ3) is 8.04. The average molecular weight is 261 g/mol. The summed E-state index contributed by atoms with van der Waals surface area (Å²) in [6, 6.07) is -0.796. The van der Waals surface area contributed by atoms with Crippen molar-refractivity contribution in [1.82, 2.24) is 16.0 Å². The van der Waals surface area contributed by atoms with Crippen molar-refractivity contribution < 1.29 is 9.59 Å². The maximum atomic E-state index is 11.5. The maximum Gasteiger partial charge on any atom is 0.321 e. The van der Waals surface area contributed by atoms with Crippen molar-refractivity contribution in [3.05, 3.63) is 0 Å². The van der Waals surface area contributed by atoms with Crippen molar-refractivity contribution >= 4 is 23.7 Å². The van der Waals surface area contributed by atoms with Gasteiger partial charge in [-0.15, -0.1) is 0 Å². The van der Waals surface area contributed by atoms with E-state index in [9.17, 15) is 9.59 Å². The highest BCUT2D eigenvalue weighted by Crippen LogP contribution is 2.07. The van der Waals surface area contributed by atoms with Gasteiger partial charge in [0.05, 0.1) is 6.04 Å². The van der Waals surface area contributed by atoms with Crippen LogP contribution in [0.2, 0.25) is 0 Å². The maximum absolute atomic E-state index is 11.5. The van der Waals surface area contributed by atoms with Crippen LogP contribution in [0.1, 0.15) is 27.2 Å². The molecule has 2 unspecified atom stereocenters. The van der Waals surface area contributed by atoms with E-state index >= 15 is 0 Å². The summed E-state index contributed by atoms with van der Waals surface area (Å²) in [6.45, 7) is 6.97. The van der Waals surface area contributed by atoms with Gasteiger partial charge in [-0.3, -0.25) is 10.1 Å². The van der Waals surface area contributed by atoms with Gasteiger partial charge in [-0.1, -0.05) is 6.92 Å². The summed E-state index contributed by atoms with van der Waals surface area (Å²) in [7, 11) is 0. The molecule has 0 bridgehead atoms.